The Morgan fingerprint density at radius 2 is 2.06 bits per heavy atom. The second-order valence-corrected chi connectivity index (χ2v) is 7.95. The van der Waals surface area contributed by atoms with Gasteiger partial charge in [0.1, 0.15) is 10.8 Å². The van der Waals surface area contributed by atoms with Crippen molar-refractivity contribution in [2.45, 2.75) is 13.3 Å². The van der Waals surface area contributed by atoms with Crippen LogP contribution in [0.2, 0.25) is 0 Å². The number of aromatic nitrogens is 3. The fourth-order valence-corrected chi connectivity index (χ4v) is 4.27. The molecule has 1 amide bonds. The molecule has 0 aliphatic carbocycles. The van der Waals surface area contributed by atoms with Gasteiger partial charge in [-0.25, -0.2) is 9.97 Å². The highest BCUT2D eigenvalue weighted by atomic mass is 32.1. The zero-order valence-corrected chi connectivity index (χ0v) is 18.1. The minimum absolute atomic E-state index is 0.134. The van der Waals surface area contributed by atoms with Gasteiger partial charge in [0, 0.05) is 11.1 Å². The van der Waals surface area contributed by atoms with E-state index in [0.29, 0.717) is 23.9 Å². The zero-order chi connectivity index (χ0) is 21.9. The van der Waals surface area contributed by atoms with Crippen LogP contribution in [0.3, 0.4) is 0 Å². The Bertz CT molecular complexity index is 1370. The summed E-state index contributed by atoms with van der Waals surface area (Å²) in [4.78, 5) is 25.0. The van der Waals surface area contributed by atoms with Crippen molar-refractivity contribution in [3.63, 3.8) is 0 Å². The molecule has 0 saturated carbocycles. The first kappa shape index (κ1) is 20.0. The number of benzene rings is 2. The van der Waals surface area contributed by atoms with E-state index in [9.17, 15) is 4.79 Å². The van der Waals surface area contributed by atoms with Gasteiger partial charge in [0.2, 0.25) is 5.91 Å². The molecule has 0 atom stereocenters. The van der Waals surface area contributed by atoms with Gasteiger partial charge in [-0.05, 0) is 49.4 Å². The van der Waals surface area contributed by atoms with Crippen LogP contribution in [0, 0.1) is 0 Å². The molecule has 160 valence electrons. The Hall–Kier alpha value is -3.91. The number of H-pyrrole nitrogens is 1. The number of carbonyl (C=O) groups is 1. The molecule has 0 radical (unpaired) electrons. The lowest BCUT2D eigenvalue weighted by Crippen LogP contribution is -2.14. The number of furan rings is 1. The van der Waals surface area contributed by atoms with Crippen molar-refractivity contribution >= 4 is 34.0 Å². The Morgan fingerprint density at radius 1 is 1.16 bits per heavy atom. The third-order valence-corrected chi connectivity index (χ3v) is 5.76. The number of aromatic amines is 1. The van der Waals surface area contributed by atoms with Gasteiger partial charge >= 0.3 is 0 Å². The fraction of sp³-hybridized carbons (Fsp3) is 0.125. The van der Waals surface area contributed by atoms with Crippen LogP contribution in [0.1, 0.15) is 12.6 Å². The number of nitrogens with one attached hydrogen (secondary N) is 2. The number of nitrogens with zero attached hydrogens (tertiary/aromatic N) is 2. The summed E-state index contributed by atoms with van der Waals surface area (Å²) < 4.78 is 11.1. The van der Waals surface area contributed by atoms with Crippen LogP contribution in [0.4, 0.5) is 5.69 Å². The minimum atomic E-state index is -0.134. The van der Waals surface area contributed by atoms with Crippen molar-refractivity contribution in [3.05, 3.63) is 71.9 Å². The molecule has 2 aromatic carbocycles. The number of hydrogen-bond acceptors (Lipinski definition) is 6. The Morgan fingerprint density at radius 3 is 2.91 bits per heavy atom. The molecule has 0 saturated heterocycles. The number of ether oxygens (including phenoxy) is 1. The first-order valence-electron chi connectivity index (χ1n) is 10.2. The molecule has 8 heteroatoms. The summed E-state index contributed by atoms with van der Waals surface area (Å²) in [5.74, 6) is 1.97. The summed E-state index contributed by atoms with van der Waals surface area (Å²) in [7, 11) is 0. The van der Waals surface area contributed by atoms with E-state index in [1.54, 1.807) is 6.26 Å². The lowest BCUT2D eigenvalue weighted by Gasteiger charge is -2.07. The number of thiazole rings is 1. The van der Waals surface area contributed by atoms with Crippen molar-refractivity contribution in [2.75, 3.05) is 11.9 Å². The molecule has 0 aliphatic rings. The molecule has 0 unspecified atom stereocenters. The van der Waals surface area contributed by atoms with Crippen molar-refractivity contribution in [1.29, 1.82) is 0 Å². The average Bonchev–Trinajstić information content (AvgIpc) is 3.54. The van der Waals surface area contributed by atoms with Crippen molar-refractivity contribution in [2.24, 2.45) is 0 Å². The van der Waals surface area contributed by atoms with Gasteiger partial charge in [0.15, 0.2) is 11.6 Å². The van der Waals surface area contributed by atoms with Crippen molar-refractivity contribution < 1.29 is 13.9 Å². The molecule has 0 aliphatic heterocycles. The van der Waals surface area contributed by atoms with Gasteiger partial charge in [-0.1, -0.05) is 12.1 Å². The first-order chi connectivity index (χ1) is 15.7. The normalized spacial score (nSPS) is 11.0. The van der Waals surface area contributed by atoms with E-state index in [2.05, 4.69) is 20.3 Å². The van der Waals surface area contributed by atoms with Crippen molar-refractivity contribution in [1.82, 2.24) is 15.0 Å². The molecule has 32 heavy (non-hydrogen) atoms. The third kappa shape index (κ3) is 4.13. The summed E-state index contributed by atoms with van der Waals surface area (Å²) in [6, 6.07) is 17.0. The molecular formula is C24H20N4O3S. The van der Waals surface area contributed by atoms with E-state index in [0.717, 1.165) is 33.0 Å². The topological polar surface area (TPSA) is 93.0 Å². The van der Waals surface area contributed by atoms with Crippen LogP contribution in [0.5, 0.6) is 5.75 Å². The van der Waals surface area contributed by atoms with Gasteiger partial charge in [-0.15, -0.1) is 11.3 Å². The first-order valence-corrected chi connectivity index (χ1v) is 11.1. The summed E-state index contributed by atoms with van der Waals surface area (Å²) in [5, 5.41) is 5.68. The Balaban J connectivity index is 1.29. The van der Waals surface area contributed by atoms with E-state index in [-0.39, 0.29) is 12.3 Å². The number of anilines is 1. The van der Waals surface area contributed by atoms with E-state index >= 15 is 0 Å². The highest BCUT2D eigenvalue weighted by Gasteiger charge is 2.13. The summed E-state index contributed by atoms with van der Waals surface area (Å²) in [6.07, 6.45) is 1.79. The van der Waals surface area contributed by atoms with Crippen molar-refractivity contribution in [3.8, 4) is 27.9 Å². The molecule has 0 fully saturated rings. The zero-order valence-electron chi connectivity index (χ0n) is 17.3. The molecule has 2 N–H and O–H groups in total. The average molecular weight is 445 g/mol. The molecule has 5 rings (SSSR count). The highest BCUT2D eigenvalue weighted by molar-refractivity contribution is 7.13. The van der Waals surface area contributed by atoms with E-state index < -0.39 is 0 Å². The number of amides is 1. The van der Waals surface area contributed by atoms with E-state index in [1.807, 2.05) is 66.9 Å². The van der Waals surface area contributed by atoms with Gasteiger partial charge in [-0.3, -0.25) is 4.79 Å². The SMILES string of the molecule is CCOc1ccccc1-c1nc(CC(=O)Nc2ccc3nc(-c4ccco4)[nH]c3c2)cs1. The number of imidazole rings is 1. The van der Waals surface area contributed by atoms with Gasteiger partial charge < -0.3 is 19.5 Å². The molecule has 0 bridgehead atoms. The largest absolute Gasteiger partial charge is 0.493 e. The molecule has 3 aromatic heterocycles. The quantitative estimate of drug-likeness (QED) is 0.344. The molecule has 7 nitrogen and oxygen atoms in total. The summed E-state index contributed by atoms with van der Waals surface area (Å²) >= 11 is 1.50. The Labute approximate surface area is 188 Å². The molecule has 0 spiro atoms. The maximum atomic E-state index is 12.6. The second-order valence-electron chi connectivity index (χ2n) is 7.09. The molecular weight excluding hydrogens is 424 g/mol. The number of para-hydroxylation sites is 1. The minimum Gasteiger partial charge on any atom is -0.493 e. The summed E-state index contributed by atoms with van der Waals surface area (Å²) in [5.41, 5.74) is 3.96. The van der Waals surface area contributed by atoms with Crippen LogP contribution in [-0.2, 0) is 11.2 Å². The van der Waals surface area contributed by atoms with Crippen LogP contribution >= 0.6 is 11.3 Å². The third-order valence-electron chi connectivity index (χ3n) is 4.83. The maximum Gasteiger partial charge on any atom is 0.230 e. The monoisotopic (exact) mass is 444 g/mol. The van der Waals surface area contributed by atoms with Crippen LogP contribution in [-0.4, -0.2) is 27.5 Å². The maximum absolute atomic E-state index is 12.6. The van der Waals surface area contributed by atoms with Crippen LogP contribution < -0.4 is 10.1 Å². The number of hydrogen-bond donors (Lipinski definition) is 2. The fourth-order valence-electron chi connectivity index (χ4n) is 3.42. The number of carbonyl (C=O) groups excluding carboxylic acids is 1. The van der Waals surface area contributed by atoms with Crippen LogP contribution in [0.25, 0.3) is 33.2 Å². The number of rotatable bonds is 7. The lowest BCUT2D eigenvalue weighted by molar-refractivity contribution is -0.115. The second kappa shape index (κ2) is 8.68. The van der Waals surface area contributed by atoms with E-state index in [4.69, 9.17) is 9.15 Å². The summed E-state index contributed by atoms with van der Waals surface area (Å²) in [6.45, 7) is 2.54. The van der Waals surface area contributed by atoms with Gasteiger partial charge in [0.25, 0.3) is 0 Å². The number of fused-ring (bicyclic) bond motifs is 1. The molecule has 5 aromatic rings. The van der Waals surface area contributed by atoms with Crippen LogP contribution in [0.15, 0.2) is 70.7 Å². The van der Waals surface area contributed by atoms with E-state index in [1.165, 1.54) is 11.3 Å². The smallest absolute Gasteiger partial charge is 0.230 e. The predicted octanol–water partition coefficient (Wildman–Crippen LogP) is 5.53. The lowest BCUT2D eigenvalue weighted by atomic mass is 10.2. The van der Waals surface area contributed by atoms with Gasteiger partial charge in [-0.2, -0.15) is 0 Å². The highest BCUT2D eigenvalue weighted by Crippen LogP contribution is 2.32. The predicted molar refractivity (Wildman–Crippen MR) is 125 cm³/mol. The Kier molecular flexibility index (Phi) is 5.43. The van der Waals surface area contributed by atoms with Gasteiger partial charge in [0.05, 0.1) is 41.6 Å². The molecule has 3 heterocycles. The standard InChI is InChI=1S/C24H20N4O3S/c1-2-30-20-7-4-3-6-17(20)24-26-16(14-32-24)13-22(29)25-15-9-10-18-19(12-15)28-23(27-18)21-8-5-11-31-21/h3-12,14H,2,13H2,1H3,(H,25,29)(H,27,28).